The van der Waals surface area contributed by atoms with Crippen LogP contribution in [0.1, 0.15) is 19.8 Å². The van der Waals surface area contributed by atoms with Gasteiger partial charge < -0.3 is 0 Å². The summed E-state index contributed by atoms with van der Waals surface area (Å²) in [6, 6.07) is 0. The average Bonchev–Trinajstić information content (AvgIpc) is 1.85. The summed E-state index contributed by atoms with van der Waals surface area (Å²) in [5.41, 5.74) is 2.22. The molecule has 0 heterocycles. The standard InChI is InChI=1S/C6H12F3NO/c1-2-3-4-10-11-5-6(7,8)9/h10H,2-5H2,1H3. The van der Waals surface area contributed by atoms with E-state index in [0.717, 1.165) is 12.8 Å². The highest BCUT2D eigenvalue weighted by molar-refractivity contribution is 4.43. The lowest BCUT2D eigenvalue weighted by Crippen LogP contribution is -2.25. The number of halogens is 3. The van der Waals surface area contributed by atoms with Gasteiger partial charge in [-0.05, 0) is 6.42 Å². The van der Waals surface area contributed by atoms with E-state index in [1.165, 1.54) is 0 Å². The number of hydrogen-bond donors (Lipinski definition) is 1. The number of hydroxylamine groups is 1. The van der Waals surface area contributed by atoms with Crippen molar-refractivity contribution >= 4 is 0 Å². The second kappa shape index (κ2) is 5.37. The molecular weight excluding hydrogens is 159 g/mol. The number of rotatable bonds is 5. The summed E-state index contributed by atoms with van der Waals surface area (Å²) in [6.45, 7) is 1.19. The number of hydrogen-bond acceptors (Lipinski definition) is 2. The molecule has 0 saturated carbocycles. The third-order valence-electron chi connectivity index (χ3n) is 0.970. The number of alkyl halides is 3. The van der Waals surface area contributed by atoms with Crippen LogP contribution < -0.4 is 5.48 Å². The van der Waals surface area contributed by atoms with Crippen LogP contribution >= 0.6 is 0 Å². The van der Waals surface area contributed by atoms with Crippen LogP contribution in [-0.2, 0) is 4.84 Å². The van der Waals surface area contributed by atoms with Gasteiger partial charge >= 0.3 is 6.18 Å². The van der Waals surface area contributed by atoms with Crippen LogP contribution in [0.15, 0.2) is 0 Å². The van der Waals surface area contributed by atoms with Crippen LogP contribution in [0.4, 0.5) is 13.2 Å². The molecule has 0 aromatic rings. The van der Waals surface area contributed by atoms with Crippen molar-refractivity contribution < 1.29 is 18.0 Å². The lowest BCUT2D eigenvalue weighted by molar-refractivity contribution is -0.189. The first-order valence-corrected chi connectivity index (χ1v) is 3.47. The summed E-state index contributed by atoms with van der Waals surface area (Å²) in [4.78, 5) is 4.13. The number of unbranched alkanes of at least 4 members (excludes halogenated alkanes) is 1. The normalized spacial score (nSPS) is 12.0. The van der Waals surface area contributed by atoms with Crippen molar-refractivity contribution in [3.05, 3.63) is 0 Å². The fraction of sp³-hybridized carbons (Fsp3) is 1.00. The Morgan fingerprint density at radius 2 is 2.00 bits per heavy atom. The van der Waals surface area contributed by atoms with Gasteiger partial charge in [0.25, 0.3) is 0 Å². The first-order valence-electron chi connectivity index (χ1n) is 3.47. The molecule has 11 heavy (non-hydrogen) atoms. The van der Waals surface area contributed by atoms with E-state index >= 15 is 0 Å². The third-order valence-corrected chi connectivity index (χ3v) is 0.970. The molecule has 0 aliphatic heterocycles. The minimum absolute atomic E-state index is 0.465. The highest BCUT2D eigenvalue weighted by Gasteiger charge is 2.27. The first kappa shape index (κ1) is 10.7. The van der Waals surface area contributed by atoms with E-state index in [9.17, 15) is 13.2 Å². The Labute approximate surface area is 63.7 Å². The van der Waals surface area contributed by atoms with Crippen LogP contribution in [0, 0.1) is 0 Å². The molecule has 2 nitrogen and oxygen atoms in total. The fourth-order valence-electron chi connectivity index (χ4n) is 0.454. The van der Waals surface area contributed by atoms with E-state index in [2.05, 4.69) is 10.3 Å². The van der Waals surface area contributed by atoms with Gasteiger partial charge in [0.15, 0.2) is 6.61 Å². The second-order valence-corrected chi connectivity index (χ2v) is 2.15. The van der Waals surface area contributed by atoms with Gasteiger partial charge in [-0.2, -0.15) is 13.2 Å². The Morgan fingerprint density at radius 3 is 2.45 bits per heavy atom. The zero-order valence-corrected chi connectivity index (χ0v) is 6.37. The van der Waals surface area contributed by atoms with Crippen LogP contribution in [0.5, 0.6) is 0 Å². The molecule has 0 spiro atoms. The lowest BCUT2D eigenvalue weighted by Gasteiger charge is -2.07. The quantitative estimate of drug-likeness (QED) is 0.503. The molecule has 0 aliphatic rings. The predicted molar refractivity (Wildman–Crippen MR) is 34.9 cm³/mol. The molecule has 0 aromatic carbocycles. The monoisotopic (exact) mass is 171 g/mol. The Kier molecular flexibility index (Phi) is 5.23. The Hall–Kier alpha value is -0.290. The highest BCUT2D eigenvalue weighted by Crippen LogP contribution is 2.13. The zero-order valence-electron chi connectivity index (χ0n) is 6.37. The van der Waals surface area contributed by atoms with Gasteiger partial charge in [0.05, 0.1) is 0 Å². The lowest BCUT2D eigenvalue weighted by atomic mass is 10.3. The topological polar surface area (TPSA) is 21.3 Å². The van der Waals surface area contributed by atoms with Crippen LogP contribution in [0.25, 0.3) is 0 Å². The molecule has 0 atom stereocenters. The van der Waals surface area contributed by atoms with E-state index in [1.807, 2.05) is 6.92 Å². The van der Waals surface area contributed by atoms with Crippen molar-refractivity contribution in [2.45, 2.75) is 25.9 Å². The molecule has 0 aromatic heterocycles. The van der Waals surface area contributed by atoms with E-state index in [-0.39, 0.29) is 0 Å². The van der Waals surface area contributed by atoms with E-state index < -0.39 is 12.8 Å². The maximum absolute atomic E-state index is 11.4. The minimum atomic E-state index is -4.24. The van der Waals surface area contributed by atoms with E-state index in [1.54, 1.807) is 0 Å². The summed E-state index contributed by atoms with van der Waals surface area (Å²) in [5, 5.41) is 0. The minimum Gasteiger partial charge on any atom is -0.292 e. The molecule has 0 unspecified atom stereocenters. The zero-order chi connectivity index (χ0) is 8.74. The Morgan fingerprint density at radius 1 is 1.36 bits per heavy atom. The molecule has 0 rings (SSSR count). The van der Waals surface area contributed by atoms with Crippen molar-refractivity contribution in [1.82, 2.24) is 5.48 Å². The largest absolute Gasteiger partial charge is 0.413 e. The van der Waals surface area contributed by atoms with Gasteiger partial charge in [0.2, 0.25) is 0 Å². The first-order chi connectivity index (χ1) is 5.06. The molecule has 0 saturated heterocycles. The van der Waals surface area contributed by atoms with E-state index in [4.69, 9.17) is 0 Å². The molecule has 1 N–H and O–H groups in total. The molecule has 0 fully saturated rings. The average molecular weight is 171 g/mol. The molecule has 5 heteroatoms. The summed E-state index contributed by atoms with van der Waals surface area (Å²) in [6.07, 6.45) is -2.49. The number of nitrogens with one attached hydrogen (secondary N) is 1. The van der Waals surface area contributed by atoms with Gasteiger partial charge in [-0.3, -0.25) is 4.84 Å². The highest BCUT2D eigenvalue weighted by atomic mass is 19.4. The molecule has 0 radical (unpaired) electrons. The Bertz CT molecular complexity index is 94.3. The summed E-state index contributed by atoms with van der Waals surface area (Å²) >= 11 is 0. The molecule has 68 valence electrons. The van der Waals surface area contributed by atoms with Crippen LogP contribution in [0.3, 0.4) is 0 Å². The van der Waals surface area contributed by atoms with Crippen molar-refractivity contribution in [2.75, 3.05) is 13.2 Å². The predicted octanol–water partition coefficient (Wildman–Crippen LogP) is 1.87. The van der Waals surface area contributed by atoms with Gasteiger partial charge in [0.1, 0.15) is 0 Å². The van der Waals surface area contributed by atoms with Gasteiger partial charge in [0, 0.05) is 6.54 Å². The molecular formula is C6H12F3NO. The fourth-order valence-corrected chi connectivity index (χ4v) is 0.454. The van der Waals surface area contributed by atoms with Crippen molar-refractivity contribution in [1.29, 1.82) is 0 Å². The maximum atomic E-state index is 11.4. The molecule has 0 bridgehead atoms. The third kappa shape index (κ3) is 9.71. The molecule has 0 aliphatic carbocycles. The van der Waals surface area contributed by atoms with Crippen LogP contribution in [0.2, 0.25) is 0 Å². The van der Waals surface area contributed by atoms with Gasteiger partial charge in [-0.1, -0.05) is 13.3 Å². The summed E-state index contributed by atoms with van der Waals surface area (Å²) in [7, 11) is 0. The van der Waals surface area contributed by atoms with Crippen molar-refractivity contribution in [2.24, 2.45) is 0 Å². The second-order valence-electron chi connectivity index (χ2n) is 2.15. The van der Waals surface area contributed by atoms with Gasteiger partial charge in [-0.15, -0.1) is 0 Å². The molecule has 0 amide bonds. The van der Waals surface area contributed by atoms with Crippen molar-refractivity contribution in [3.63, 3.8) is 0 Å². The summed E-state index contributed by atoms with van der Waals surface area (Å²) in [5.74, 6) is 0. The van der Waals surface area contributed by atoms with Crippen LogP contribution in [-0.4, -0.2) is 19.3 Å². The van der Waals surface area contributed by atoms with E-state index in [0.29, 0.717) is 6.54 Å². The smallest absolute Gasteiger partial charge is 0.292 e. The Balaban J connectivity index is 3.02. The summed E-state index contributed by atoms with van der Waals surface area (Å²) < 4.78 is 34.2. The van der Waals surface area contributed by atoms with Crippen molar-refractivity contribution in [3.8, 4) is 0 Å². The SMILES string of the molecule is CCCCNOCC(F)(F)F. The van der Waals surface area contributed by atoms with Gasteiger partial charge in [-0.25, -0.2) is 5.48 Å². The maximum Gasteiger partial charge on any atom is 0.413 e.